The van der Waals surface area contributed by atoms with Crippen molar-refractivity contribution in [2.45, 2.75) is 31.2 Å². The van der Waals surface area contributed by atoms with Gasteiger partial charge < -0.3 is 5.32 Å². The third-order valence-corrected chi connectivity index (χ3v) is 6.65. The van der Waals surface area contributed by atoms with E-state index in [9.17, 15) is 8.42 Å². The summed E-state index contributed by atoms with van der Waals surface area (Å²) in [6, 6.07) is 24.5. The molecule has 0 saturated heterocycles. The molecule has 0 amide bonds. The Balaban J connectivity index is 1.67. The number of fused-ring (bicyclic) bond motifs is 1. The van der Waals surface area contributed by atoms with Gasteiger partial charge in [0.1, 0.15) is 0 Å². The van der Waals surface area contributed by atoms with E-state index >= 15 is 0 Å². The van der Waals surface area contributed by atoms with E-state index in [1.165, 1.54) is 5.56 Å². The molecule has 0 spiro atoms. The molecule has 0 aromatic heterocycles. The minimum atomic E-state index is -3.65. The van der Waals surface area contributed by atoms with Crippen LogP contribution in [0.25, 0.3) is 0 Å². The molecular formula is C23H24N2O2S. The van der Waals surface area contributed by atoms with E-state index in [-0.39, 0.29) is 16.4 Å². The zero-order valence-corrected chi connectivity index (χ0v) is 16.8. The van der Waals surface area contributed by atoms with Gasteiger partial charge >= 0.3 is 0 Å². The third kappa shape index (κ3) is 3.62. The first-order valence-electron chi connectivity index (χ1n) is 9.37. The van der Waals surface area contributed by atoms with Gasteiger partial charge in [0, 0.05) is 11.4 Å². The molecule has 0 saturated carbocycles. The van der Waals surface area contributed by atoms with Crippen molar-refractivity contribution in [1.82, 2.24) is 0 Å². The predicted octanol–water partition coefficient (Wildman–Crippen LogP) is 5.22. The van der Waals surface area contributed by atoms with Gasteiger partial charge in [-0.3, -0.25) is 4.72 Å². The highest BCUT2D eigenvalue weighted by molar-refractivity contribution is 7.92. The Hall–Kier alpha value is -2.79. The van der Waals surface area contributed by atoms with Crippen molar-refractivity contribution >= 4 is 21.4 Å². The summed E-state index contributed by atoms with van der Waals surface area (Å²) in [6.07, 6.45) is 0.931. The van der Waals surface area contributed by atoms with Crippen LogP contribution in [0.15, 0.2) is 83.8 Å². The molecule has 1 aliphatic rings. The minimum Gasteiger partial charge on any atom is -0.377 e. The van der Waals surface area contributed by atoms with Crippen molar-refractivity contribution < 1.29 is 8.42 Å². The minimum absolute atomic E-state index is 0.0225. The van der Waals surface area contributed by atoms with Crippen LogP contribution >= 0.6 is 0 Å². The predicted molar refractivity (Wildman–Crippen MR) is 114 cm³/mol. The Kier molecular flexibility index (Phi) is 4.63. The van der Waals surface area contributed by atoms with Crippen molar-refractivity contribution in [2.24, 2.45) is 5.41 Å². The number of hydrogen-bond donors (Lipinski definition) is 2. The molecule has 5 heteroatoms. The highest BCUT2D eigenvalue weighted by Gasteiger charge is 2.36. The second-order valence-electron chi connectivity index (χ2n) is 7.94. The number of benzene rings is 3. The largest absolute Gasteiger partial charge is 0.377 e. The van der Waals surface area contributed by atoms with Crippen LogP contribution in [0.4, 0.5) is 11.4 Å². The molecular weight excluding hydrogens is 368 g/mol. The number of rotatable bonds is 4. The average molecular weight is 393 g/mol. The van der Waals surface area contributed by atoms with Crippen LogP contribution in [-0.2, 0) is 16.4 Å². The molecule has 144 valence electrons. The summed E-state index contributed by atoms with van der Waals surface area (Å²) in [4.78, 5) is 0.269. The molecule has 0 radical (unpaired) electrons. The van der Waals surface area contributed by atoms with Gasteiger partial charge in [-0.2, -0.15) is 0 Å². The zero-order valence-electron chi connectivity index (χ0n) is 16.0. The molecule has 1 aliphatic heterocycles. The van der Waals surface area contributed by atoms with Gasteiger partial charge in [-0.05, 0) is 53.3 Å². The van der Waals surface area contributed by atoms with Crippen LogP contribution in [-0.4, -0.2) is 8.42 Å². The molecule has 0 aliphatic carbocycles. The molecule has 3 aromatic carbocycles. The van der Waals surface area contributed by atoms with E-state index in [0.29, 0.717) is 5.69 Å². The monoisotopic (exact) mass is 392 g/mol. The number of anilines is 2. The Bertz CT molecular complexity index is 1090. The summed E-state index contributed by atoms with van der Waals surface area (Å²) in [6.45, 7) is 4.42. The quantitative estimate of drug-likeness (QED) is 0.640. The highest BCUT2D eigenvalue weighted by Crippen LogP contribution is 2.44. The molecule has 4 nitrogen and oxygen atoms in total. The maximum Gasteiger partial charge on any atom is 0.261 e. The van der Waals surface area contributed by atoms with Crippen molar-refractivity contribution in [2.75, 3.05) is 10.0 Å². The molecule has 0 bridgehead atoms. The van der Waals surface area contributed by atoms with Crippen molar-refractivity contribution in [1.29, 1.82) is 0 Å². The van der Waals surface area contributed by atoms with Crippen LogP contribution in [0, 0.1) is 5.41 Å². The second-order valence-corrected chi connectivity index (χ2v) is 9.63. The Labute approximate surface area is 166 Å². The van der Waals surface area contributed by atoms with Gasteiger partial charge in [0.25, 0.3) is 10.0 Å². The average Bonchev–Trinajstić information content (AvgIpc) is 2.67. The lowest BCUT2D eigenvalue weighted by atomic mass is 9.73. The third-order valence-electron chi connectivity index (χ3n) is 5.27. The summed E-state index contributed by atoms with van der Waals surface area (Å²) < 4.78 is 28.4. The summed E-state index contributed by atoms with van der Waals surface area (Å²) >= 11 is 0. The van der Waals surface area contributed by atoms with Gasteiger partial charge in [0.15, 0.2) is 0 Å². The molecule has 1 heterocycles. The Morgan fingerprint density at radius 2 is 1.64 bits per heavy atom. The van der Waals surface area contributed by atoms with E-state index in [2.05, 4.69) is 42.1 Å². The van der Waals surface area contributed by atoms with Crippen LogP contribution in [0.1, 0.15) is 31.0 Å². The lowest BCUT2D eigenvalue weighted by molar-refractivity contribution is 0.295. The Morgan fingerprint density at radius 3 is 2.43 bits per heavy atom. The van der Waals surface area contributed by atoms with Gasteiger partial charge in [-0.25, -0.2) is 8.42 Å². The first-order valence-corrected chi connectivity index (χ1v) is 10.9. The summed E-state index contributed by atoms with van der Waals surface area (Å²) in [7, 11) is -3.65. The number of sulfonamides is 1. The van der Waals surface area contributed by atoms with E-state index in [0.717, 1.165) is 17.7 Å². The lowest BCUT2D eigenvalue weighted by Gasteiger charge is -2.41. The smallest absolute Gasteiger partial charge is 0.261 e. The van der Waals surface area contributed by atoms with Gasteiger partial charge in [0.2, 0.25) is 0 Å². The van der Waals surface area contributed by atoms with Gasteiger partial charge in [0.05, 0.1) is 10.9 Å². The maximum atomic E-state index is 12.9. The lowest BCUT2D eigenvalue weighted by Crippen LogP contribution is -2.35. The zero-order chi connectivity index (χ0) is 19.8. The van der Waals surface area contributed by atoms with Crippen LogP contribution in [0.5, 0.6) is 0 Å². The molecule has 1 unspecified atom stereocenters. The van der Waals surface area contributed by atoms with E-state index < -0.39 is 10.0 Å². The molecule has 2 N–H and O–H groups in total. The molecule has 3 aromatic rings. The van der Waals surface area contributed by atoms with Crippen molar-refractivity contribution in [3.8, 4) is 0 Å². The SMILES string of the molecule is CC1(C)Cc2ccccc2NC1c1cccc(S(=O)(=O)Nc2ccccc2)c1. The summed E-state index contributed by atoms with van der Waals surface area (Å²) in [5, 5.41) is 3.62. The van der Waals surface area contributed by atoms with E-state index in [4.69, 9.17) is 0 Å². The van der Waals surface area contributed by atoms with Gasteiger partial charge in [-0.15, -0.1) is 0 Å². The van der Waals surface area contributed by atoms with Crippen molar-refractivity contribution in [3.05, 3.63) is 90.0 Å². The van der Waals surface area contributed by atoms with Crippen LogP contribution < -0.4 is 10.0 Å². The number of hydrogen-bond acceptors (Lipinski definition) is 3. The molecule has 4 rings (SSSR count). The van der Waals surface area contributed by atoms with Gasteiger partial charge in [-0.1, -0.05) is 62.4 Å². The fourth-order valence-electron chi connectivity index (χ4n) is 3.88. The Morgan fingerprint density at radius 1 is 0.929 bits per heavy atom. The normalized spacial score (nSPS) is 18.0. The molecule has 0 fully saturated rings. The molecule has 28 heavy (non-hydrogen) atoms. The second kappa shape index (κ2) is 6.99. The summed E-state index contributed by atoms with van der Waals surface area (Å²) in [5.74, 6) is 0. The molecule has 1 atom stereocenters. The fraction of sp³-hybridized carbons (Fsp3) is 0.217. The van der Waals surface area contributed by atoms with Crippen molar-refractivity contribution in [3.63, 3.8) is 0 Å². The fourth-order valence-corrected chi connectivity index (χ4v) is 4.99. The standard InChI is InChI=1S/C23H24N2O2S/c1-23(2)16-18-9-6-7-14-21(18)24-22(23)17-10-8-13-20(15-17)28(26,27)25-19-11-4-3-5-12-19/h3-15,22,24-25H,16H2,1-2H3. The van der Waals surface area contributed by atoms with E-state index in [1.54, 1.807) is 36.4 Å². The topological polar surface area (TPSA) is 58.2 Å². The number of para-hydroxylation sites is 2. The summed E-state index contributed by atoms with van der Waals surface area (Å²) in [5.41, 5.74) is 3.87. The van der Waals surface area contributed by atoms with Crippen LogP contribution in [0.3, 0.4) is 0 Å². The highest BCUT2D eigenvalue weighted by atomic mass is 32.2. The maximum absolute atomic E-state index is 12.9. The first kappa shape index (κ1) is 18.6. The van der Waals surface area contributed by atoms with E-state index in [1.807, 2.05) is 24.3 Å². The first-order chi connectivity index (χ1) is 13.4. The number of nitrogens with one attached hydrogen (secondary N) is 2. The van der Waals surface area contributed by atoms with Crippen LogP contribution in [0.2, 0.25) is 0 Å².